The number of rotatable bonds is 10. The van der Waals surface area contributed by atoms with Gasteiger partial charge < -0.3 is 22.0 Å². The maximum absolute atomic E-state index is 12.6. The smallest absolute Gasteiger partial charge is 0.233 e. The fourth-order valence-electron chi connectivity index (χ4n) is 3.94. The summed E-state index contributed by atoms with van der Waals surface area (Å²) in [5, 5.41) is 4.49. The number of imidazole rings is 1. The number of allylic oxidation sites excluding steroid dienone is 1. The van der Waals surface area contributed by atoms with Crippen molar-refractivity contribution in [2.24, 2.45) is 16.7 Å². The molecule has 0 saturated carbocycles. The lowest BCUT2D eigenvalue weighted by Gasteiger charge is -2.15. The Morgan fingerprint density at radius 3 is 2.78 bits per heavy atom. The van der Waals surface area contributed by atoms with Crippen LogP contribution < -0.4 is 22.0 Å². The van der Waals surface area contributed by atoms with Gasteiger partial charge in [-0.05, 0) is 19.3 Å². The molecule has 0 bridgehead atoms. The summed E-state index contributed by atoms with van der Waals surface area (Å²) < 4.78 is 35.0. The van der Waals surface area contributed by atoms with Crippen LogP contribution in [0.25, 0.3) is 11.2 Å². The lowest BCUT2D eigenvalue weighted by molar-refractivity contribution is 0.00714. The molecule has 0 amide bonds. The third-order valence-corrected chi connectivity index (χ3v) is 6.87. The highest BCUT2D eigenvalue weighted by Gasteiger charge is 2.29. The first-order chi connectivity index (χ1) is 17.3. The fourth-order valence-corrected chi connectivity index (χ4v) is 4.85. The minimum absolute atomic E-state index is 0.0521. The molecule has 4 rings (SSSR count). The Labute approximate surface area is 207 Å². The van der Waals surface area contributed by atoms with Gasteiger partial charge in [0.05, 0.1) is 12.4 Å². The third kappa shape index (κ3) is 5.67. The standard InChI is InChI=1S/C22H27N9O4S/c23-20(30-25)16-6-2-1-5-15(16)17(32)7-3-4-10-36(33,34)29-11-14-8-9-18(35-14)31-13-28-19-21(24)26-12-27-22(19)31/h1-2,4-6,10,12-14,18,29H,3,7-9,11,25H2,(H2,23,30)(H2,24,26,27)/b10-4+. The predicted octanol–water partition coefficient (Wildman–Crippen LogP) is 0.761. The van der Waals surface area contributed by atoms with Crippen LogP contribution in [0.5, 0.6) is 0 Å². The summed E-state index contributed by atoms with van der Waals surface area (Å²) in [6.07, 6.45) is 5.38. The van der Waals surface area contributed by atoms with Crippen LogP contribution >= 0.6 is 0 Å². The monoisotopic (exact) mass is 513 g/mol. The second-order valence-corrected chi connectivity index (χ2v) is 9.81. The summed E-state index contributed by atoms with van der Waals surface area (Å²) in [7, 11) is -3.70. The van der Waals surface area contributed by atoms with Crippen molar-refractivity contribution in [3.05, 3.63) is 59.5 Å². The van der Waals surface area contributed by atoms with Gasteiger partial charge in [0.15, 0.2) is 23.1 Å². The average molecular weight is 514 g/mol. The van der Waals surface area contributed by atoms with Gasteiger partial charge >= 0.3 is 0 Å². The summed E-state index contributed by atoms with van der Waals surface area (Å²) in [6, 6.07) is 6.71. The van der Waals surface area contributed by atoms with Gasteiger partial charge in [0.1, 0.15) is 18.1 Å². The van der Waals surface area contributed by atoms with Gasteiger partial charge in [-0.25, -0.2) is 28.1 Å². The predicted molar refractivity (Wildman–Crippen MR) is 134 cm³/mol. The second kappa shape index (κ2) is 10.8. The maximum atomic E-state index is 12.6. The topological polar surface area (TPSA) is 206 Å². The van der Waals surface area contributed by atoms with E-state index in [2.05, 4.69) is 24.8 Å². The number of ether oxygens (including phenoxy) is 1. The van der Waals surface area contributed by atoms with Crippen LogP contribution in [0, 0.1) is 0 Å². The van der Waals surface area contributed by atoms with E-state index in [1.54, 1.807) is 35.2 Å². The van der Waals surface area contributed by atoms with Crippen molar-refractivity contribution < 1.29 is 17.9 Å². The molecule has 2 aromatic heterocycles. The number of hydrazone groups is 1. The van der Waals surface area contributed by atoms with E-state index in [1.807, 2.05) is 0 Å². The van der Waals surface area contributed by atoms with E-state index in [0.29, 0.717) is 35.1 Å². The number of hydrogen-bond donors (Lipinski definition) is 4. The number of carbonyl (C=O) groups is 1. The number of Topliss-reactive ketones (excluding diaryl/α,β-unsaturated/α-hetero) is 1. The minimum Gasteiger partial charge on any atom is -0.382 e. The van der Waals surface area contributed by atoms with Crippen molar-refractivity contribution in [3.8, 4) is 0 Å². The molecular weight excluding hydrogens is 486 g/mol. The van der Waals surface area contributed by atoms with Gasteiger partial charge in [0.2, 0.25) is 10.0 Å². The number of ketones is 1. The van der Waals surface area contributed by atoms with Crippen LogP contribution in [0.1, 0.15) is 47.8 Å². The van der Waals surface area contributed by atoms with Crippen LogP contribution in [-0.4, -0.2) is 52.2 Å². The highest BCUT2D eigenvalue weighted by molar-refractivity contribution is 7.92. The quantitative estimate of drug-likeness (QED) is 0.0983. The molecule has 1 aromatic carbocycles. The molecule has 0 aliphatic carbocycles. The Morgan fingerprint density at radius 1 is 1.22 bits per heavy atom. The van der Waals surface area contributed by atoms with E-state index in [-0.39, 0.29) is 49.2 Å². The first kappa shape index (κ1) is 25.2. The molecule has 7 N–H and O–H groups in total. The van der Waals surface area contributed by atoms with E-state index in [4.69, 9.17) is 22.0 Å². The number of hydrogen-bond acceptors (Lipinski definition) is 10. The van der Waals surface area contributed by atoms with Crippen LogP contribution in [0.15, 0.2) is 53.5 Å². The van der Waals surface area contributed by atoms with Crippen LogP contribution in [-0.2, 0) is 14.8 Å². The number of nitrogens with one attached hydrogen (secondary N) is 1. The van der Waals surface area contributed by atoms with E-state index in [9.17, 15) is 13.2 Å². The fraction of sp³-hybridized carbons (Fsp3) is 0.318. The molecule has 14 heteroatoms. The molecule has 2 unspecified atom stereocenters. The van der Waals surface area contributed by atoms with Crippen molar-refractivity contribution in [2.45, 2.75) is 38.0 Å². The molecule has 3 heterocycles. The molecule has 1 aliphatic rings. The van der Waals surface area contributed by atoms with E-state index in [0.717, 1.165) is 5.41 Å². The summed E-state index contributed by atoms with van der Waals surface area (Å²) in [4.78, 5) is 24.9. The highest BCUT2D eigenvalue weighted by atomic mass is 32.2. The van der Waals surface area contributed by atoms with Gasteiger partial charge in [-0.3, -0.25) is 9.36 Å². The van der Waals surface area contributed by atoms with Crippen molar-refractivity contribution >= 4 is 38.6 Å². The summed E-state index contributed by atoms with van der Waals surface area (Å²) in [6.45, 7) is 0.108. The summed E-state index contributed by atoms with van der Waals surface area (Å²) >= 11 is 0. The average Bonchev–Trinajstić information content (AvgIpc) is 3.52. The second-order valence-electron chi connectivity index (χ2n) is 8.16. The normalized spacial score (nSPS) is 18.8. The third-order valence-electron chi connectivity index (χ3n) is 5.75. The van der Waals surface area contributed by atoms with E-state index in [1.165, 1.54) is 12.4 Å². The number of nitrogens with zero attached hydrogens (tertiary/aromatic N) is 5. The molecule has 190 valence electrons. The van der Waals surface area contributed by atoms with Gasteiger partial charge in [-0.1, -0.05) is 30.3 Å². The Morgan fingerprint density at radius 2 is 2.00 bits per heavy atom. The molecule has 1 aliphatic heterocycles. The summed E-state index contributed by atoms with van der Waals surface area (Å²) in [5.41, 5.74) is 13.4. The first-order valence-corrected chi connectivity index (χ1v) is 12.7. The molecule has 13 nitrogen and oxygen atoms in total. The van der Waals surface area contributed by atoms with Gasteiger partial charge in [0, 0.05) is 29.5 Å². The van der Waals surface area contributed by atoms with Crippen molar-refractivity contribution in [1.29, 1.82) is 0 Å². The van der Waals surface area contributed by atoms with Gasteiger partial charge in [-0.15, -0.1) is 0 Å². The number of sulfonamides is 1. The van der Waals surface area contributed by atoms with Gasteiger partial charge in [0.25, 0.3) is 0 Å². The molecule has 0 spiro atoms. The van der Waals surface area contributed by atoms with Gasteiger partial charge in [-0.2, -0.15) is 5.10 Å². The number of fused-ring (bicyclic) bond motifs is 1. The largest absolute Gasteiger partial charge is 0.382 e. The van der Waals surface area contributed by atoms with Crippen molar-refractivity contribution in [3.63, 3.8) is 0 Å². The molecule has 1 fully saturated rings. The number of aromatic nitrogens is 4. The van der Waals surface area contributed by atoms with Crippen molar-refractivity contribution in [2.75, 3.05) is 12.3 Å². The zero-order valence-electron chi connectivity index (χ0n) is 19.3. The molecular formula is C22H27N9O4S. The van der Waals surface area contributed by atoms with E-state index < -0.39 is 10.0 Å². The Hall–Kier alpha value is -3.88. The van der Waals surface area contributed by atoms with E-state index >= 15 is 0 Å². The van der Waals surface area contributed by atoms with Crippen molar-refractivity contribution in [1.82, 2.24) is 24.2 Å². The number of nitrogen functional groups attached to an aromatic ring is 1. The summed E-state index contributed by atoms with van der Waals surface area (Å²) in [5.74, 6) is 5.36. The lowest BCUT2D eigenvalue weighted by Crippen LogP contribution is -2.30. The zero-order valence-corrected chi connectivity index (χ0v) is 20.1. The van der Waals surface area contributed by atoms with Crippen LogP contribution in [0.4, 0.5) is 5.82 Å². The molecule has 36 heavy (non-hydrogen) atoms. The Bertz CT molecular complexity index is 1420. The number of benzene rings is 1. The SMILES string of the molecule is N/N=C(\N)c1ccccc1C(=O)CC/C=C/S(=O)(=O)NCC1CCC(n2cnc3c(N)ncnc32)O1. The number of amidine groups is 1. The molecule has 3 aromatic rings. The zero-order chi connectivity index (χ0) is 25.7. The maximum Gasteiger partial charge on any atom is 0.233 e. The number of carbonyl (C=O) groups excluding carboxylic acids is 1. The Kier molecular flexibility index (Phi) is 7.57. The van der Waals surface area contributed by atoms with Crippen LogP contribution in [0.3, 0.4) is 0 Å². The number of nitrogens with two attached hydrogens (primary N) is 3. The van der Waals surface area contributed by atoms with Crippen LogP contribution in [0.2, 0.25) is 0 Å². The lowest BCUT2D eigenvalue weighted by atomic mass is 10.00. The Balaban J connectivity index is 1.27. The first-order valence-electron chi connectivity index (χ1n) is 11.2. The molecule has 1 saturated heterocycles. The molecule has 2 atom stereocenters. The number of anilines is 1. The highest BCUT2D eigenvalue weighted by Crippen LogP contribution is 2.30. The molecule has 0 radical (unpaired) electrons. The minimum atomic E-state index is -3.70.